The van der Waals surface area contributed by atoms with Gasteiger partial charge in [0.15, 0.2) is 0 Å². The molecule has 1 aliphatic rings. The van der Waals surface area contributed by atoms with Crippen LogP contribution in [0.5, 0.6) is 0 Å². The van der Waals surface area contributed by atoms with Crippen LogP contribution in [0.1, 0.15) is 11.3 Å². The fourth-order valence-corrected chi connectivity index (χ4v) is 2.73. The Labute approximate surface area is 132 Å². The molecule has 2 rings (SSSR count). The molecule has 2 heterocycles. The summed E-state index contributed by atoms with van der Waals surface area (Å²) < 4.78 is 0. The first kappa shape index (κ1) is 16.3. The number of nitrogens with two attached hydrogens (primary N) is 1. The van der Waals surface area contributed by atoms with Gasteiger partial charge in [0.1, 0.15) is 10.7 Å². The third kappa shape index (κ3) is 5.00. The Balaban J connectivity index is 1.85. The number of rotatable bonds is 6. The van der Waals surface area contributed by atoms with Crippen LogP contribution < -0.4 is 5.73 Å². The summed E-state index contributed by atoms with van der Waals surface area (Å²) in [5.41, 5.74) is 7.64. The first-order valence-electron chi connectivity index (χ1n) is 7.39. The Morgan fingerprint density at radius 3 is 2.57 bits per heavy atom. The number of likely N-dealkylation sites (N-methyl/N-ethyl adjacent to an activating group) is 1. The van der Waals surface area contributed by atoms with Crippen LogP contribution in [-0.2, 0) is 6.54 Å². The van der Waals surface area contributed by atoms with Gasteiger partial charge in [0.2, 0.25) is 0 Å². The lowest BCUT2D eigenvalue weighted by atomic mass is 10.1. The molecule has 0 aromatic carbocycles. The van der Waals surface area contributed by atoms with E-state index in [1.165, 1.54) is 0 Å². The Hall–Kier alpha value is -1.08. The van der Waals surface area contributed by atoms with Crippen LogP contribution in [0.15, 0.2) is 18.3 Å². The summed E-state index contributed by atoms with van der Waals surface area (Å²) in [6, 6.07) is 4.02. The zero-order valence-corrected chi connectivity index (χ0v) is 13.8. The number of hydrogen-bond donors (Lipinski definition) is 1. The van der Waals surface area contributed by atoms with Gasteiger partial charge in [-0.1, -0.05) is 18.3 Å². The van der Waals surface area contributed by atoms with E-state index in [1.54, 1.807) is 6.20 Å². The van der Waals surface area contributed by atoms with Crippen molar-refractivity contribution in [2.75, 3.05) is 53.4 Å². The molecule has 21 heavy (non-hydrogen) atoms. The molecule has 116 valence electrons. The Kier molecular flexibility index (Phi) is 6.05. The van der Waals surface area contributed by atoms with Crippen molar-refractivity contribution in [3.63, 3.8) is 0 Å². The van der Waals surface area contributed by atoms with E-state index in [1.807, 2.05) is 6.07 Å². The van der Waals surface area contributed by atoms with Crippen molar-refractivity contribution in [1.29, 1.82) is 0 Å². The smallest absolute Gasteiger partial charge is 0.123 e. The van der Waals surface area contributed by atoms with Gasteiger partial charge in [0.05, 0.1) is 0 Å². The molecule has 0 radical (unpaired) electrons. The predicted octanol–water partition coefficient (Wildman–Crippen LogP) is 0.395. The SMILES string of the molecule is CN(C)CCN1CCN(Cc2cccnc2C(N)=S)CC1. The lowest BCUT2D eigenvalue weighted by Gasteiger charge is -2.35. The quantitative estimate of drug-likeness (QED) is 0.768. The molecular formula is C15H25N5S. The van der Waals surface area contributed by atoms with Crippen molar-refractivity contribution in [2.24, 2.45) is 5.73 Å². The number of pyridine rings is 1. The Bertz CT molecular complexity index is 469. The molecule has 0 bridgehead atoms. The van der Waals surface area contributed by atoms with E-state index < -0.39 is 0 Å². The van der Waals surface area contributed by atoms with E-state index in [4.69, 9.17) is 18.0 Å². The van der Waals surface area contributed by atoms with Gasteiger partial charge in [0, 0.05) is 52.0 Å². The van der Waals surface area contributed by atoms with E-state index in [9.17, 15) is 0 Å². The molecule has 1 aromatic heterocycles. The second kappa shape index (κ2) is 7.79. The van der Waals surface area contributed by atoms with Gasteiger partial charge in [-0.05, 0) is 25.7 Å². The molecule has 6 heteroatoms. The normalized spacial score (nSPS) is 17.3. The minimum absolute atomic E-state index is 0.384. The number of nitrogens with zero attached hydrogens (tertiary/aromatic N) is 4. The molecule has 1 aromatic rings. The molecule has 0 unspecified atom stereocenters. The van der Waals surface area contributed by atoms with Gasteiger partial charge in [-0.15, -0.1) is 0 Å². The van der Waals surface area contributed by atoms with Crippen LogP contribution in [0.3, 0.4) is 0 Å². The minimum Gasteiger partial charge on any atom is -0.388 e. The molecule has 5 nitrogen and oxygen atoms in total. The van der Waals surface area contributed by atoms with E-state index in [2.05, 4.69) is 39.8 Å². The number of piperazine rings is 1. The van der Waals surface area contributed by atoms with Crippen LogP contribution in [0.4, 0.5) is 0 Å². The topological polar surface area (TPSA) is 48.6 Å². The van der Waals surface area contributed by atoms with Crippen LogP contribution in [0, 0.1) is 0 Å². The number of thiocarbonyl (C=S) groups is 1. The van der Waals surface area contributed by atoms with Crippen molar-refractivity contribution in [3.05, 3.63) is 29.6 Å². The van der Waals surface area contributed by atoms with E-state index >= 15 is 0 Å². The van der Waals surface area contributed by atoms with Crippen molar-refractivity contribution < 1.29 is 0 Å². The molecular weight excluding hydrogens is 282 g/mol. The highest BCUT2D eigenvalue weighted by molar-refractivity contribution is 7.80. The van der Waals surface area contributed by atoms with E-state index in [0.29, 0.717) is 4.99 Å². The van der Waals surface area contributed by atoms with Crippen LogP contribution in [-0.4, -0.2) is 78.0 Å². The van der Waals surface area contributed by atoms with Gasteiger partial charge < -0.3 is 10.6 Å². The zero-order valence-electron chi connectivity index (χ0n) is 13.0. The molecule has 1 fully saturated rings. The second-order valence-corrected chi connectivity index (χ2v) is 6.24. The average molecular weight is 307 g/mol. The molecule has 1 aliphatic heterocycles. The van der Waals surface area contributed by atoms with Gasteiger partial charge in [-0.3, -0.25) is 14.8 Å². The van der Waals surface area contributed by atoms with Crippen molar-refractivity contribution in [3.8, 4) is 0 Å². The van der Waals surface area contributed by atoms with Crippen LogP contribution in [0.2, 0.25) is 0 Å². The summed E-state index contributed by atoms with van der Waals surface area (Å²) in [6.07, 6.45) is 1.75. The Morgan fingerprint density at radius 2 is 1.95 bits per heavy atom. The number of aromatic nitrogens is 1. The van der Waals surface area contributed by atoms with Crippen LogP contribution >= 0.6 is 12.2 Å². The highest BCUT2D eigenvalue weighted by atomic mass is 32.1. The summed E-state index contributed by atoms with van der Waals surface area (Å²) in [5.74, 6) is 0. The van der Waals surface area contributed by atoms with Crippen LogP contribution in [0.25, 0.3) is 0 Å². The molecule has 2 N–H and O–H groups in total. The van der Waals surface area contributed by atoms with Gasteiger partial charge in [-0.2, -0.15) is 0 Å². The number of hydrogen-bond acceptors (Lipinski definition) is 5. The zero-order chi connectivity index (χ0) is 15.2. The summed E-state index contributed by atoms with van der Waals surface area (Å²) >= 11 is 5.08. The average Bonchev–Trinajstić information content (AvgIpc) is 2.47. The summed E-state index contributed by atoms with van der Waals surface area (Å²) in [7, 11) is 4.24. The molecule has 1 saturated heterocycles. The highest BCUT2D eigenvalue weighted by Crippen LogP contribution is 2.11. The van der Waals surface area contributed by atoms with Gasteiger partial charge in [-0.25, -0.2) is 0 Å². The monoisotopic (exact) mass is 307 g/mol. The maximum absolute atomic E-state index is 5.75. The first-order valence-corrected chi connectivity index (χ1v) is 7.80. The summed E-state index contributed by atoms with van der Waals surface area (Å²) in [6.45, 7) is 7.55. The largest absolute Gasteiger partial charge is 0.388 e. The molecule has 0 aliphatic carbocycles. The minimum atomic E-state index is 0.384. The third-order valence-electron chi connectivity index (χ3n) is 3.85. The van der Waals surface area contributed by atoms with E-state index in [0.717, 1.165) is 57.1 Å². The standard InChI is InChI=1S/C15H25N5S/c1-18(2)6-7-19-8-10-20(11-9-19)12-13-4-3-5-17-14(13)15(16)21/h3-5H,6-12H2,1-2H3,(H2,16,21). The first-order chi connectivity index (χ1) is 10.1. The van der Waals surface area contributed by atoms with E-state index in [-0.39, 0.29) is 0 Å². The second-order valence-electron chi connectivity index (χ2n) is 5.80. The van der Waals surface area contributed by atoms with Crippen molar-refractivity contribution >= 4 is 17.2 Å². The molecule has 0 spiro atoms. The van der Waals surface area contributed by atoms with Gasteiger partial charge >= 0.3 is 0 Å². The van der Waals surface area contributed by atoms with Crippen molar-refractivity contribution in [2.45, 2.75) is 6.54 Å². The molecule has 0 atom stereocenters. The lowest BCUT2D eigenvalue weighted by Crippen LogP contribution is -2.47. The highest BCUT2D eigenvalue weighted by Gasteiger charge is 2.18. The maximum atomic E-state index is 5.75. The fourth-order valence-electron chi connectivity index (χ4n) is 2.54. The lowest BCUT2D eigenvalue weighted by molar-refractivity contribution is 0.120. The molecule has 0 saturated carbocycles. The maximum Gasteiger partial charge on any atom is 0.123 e. The summed E-state index contributed by atoms with van der Waals surface area (Å²) in [5, 5.41) is 0. The summed E-state index contributed by atoms with van der Waals surface area (Å²) in [4.78, 5) is 11.9. The van der Waals surface area contributed by atoms with Crippen molar-refractivity contribution in [1.82, 2.24) is 19.7 Å². The molecule has 0 amide bonds. The fraction of sp³-hybridized carbons (Fsp3) is 0.600. The van der Waals surface area contributed by atoms with Gasteiger partial charge in [0.25, 0.3) is 0 Å². The third-order valence-corrected chi connectivity index (χ3v) is 4.04. The predicted molar refractivity (Wildman–Crippen MR) is 90.4 cm³/mol. The Morgan fingerprint density at radius 1 is 1.29 bits per heavy atom.